The van der Waals surface area contributed by atoms with Crippen molar-refractivity contribution in [2.75, 3.05) is 5.75 Å². The summed E-state index contributed by atoms with van der Waals surface area (Å²) in [5, 5.41) is 10.1. The summed E-state index contributed by atoms with van der Waals surface area (Å²) in [6, 6.07) is 2.03. The molecule has 1 N–H and O–H groups in total. The van der Waals surface area contributed by atoms with Gasteiger partial charge in [-0.3, -0.25) is 4.79 Å². The molecule has 21 heavy (non-hydrogen) atoms. The number of carboxylic acids is 1. The van der Waals surface area contributed by atoms with Gasteiger partial charge < -0.3 is 9.67 Å². The molecule has 0 aromatic carbocycles. The number of carbonyl (C=O) groups is 1. The van der Waals surface area contributed by atoms with Crippen LogP contribution in [0.4, 0.5) is 0 Å². The lowest BCUT2D eigenvalue weighted by Crippen LogP contribution is -2.09. The largest absolute Gasteiger partial charge is 0.481 e. The Morgan fingerprint density at radius 1 is 1.62 bits per heavy atom. The Bertz CT molecular complexity index is 684. The number of aromatic nitrogens is 3. The van der Waals surface area contributed by atoms with Gasteiger partial charge in [-0.15, -0.1) is 0 Å². The number of pyridine rings is 1. The fourth-order valence-corrected chi connectivity index (χ4v) is 3.48. The molecule has 0 amide bonds. The summed E-state index contributed by atoms with van der Waals surface area (Å²) in [6.07, 6.45) is 5.26. The Hall–Kier alpha value is -1.27. The standard InChI is InChI=1S/C14H16ClN3O2S/c1-8(4-9-2-3-9)18-13-11(5-10(15)6-16-13)17-14(18)21-7-12(19)20/h5-6,8-9H,2-4,7H2,1H3,(H,19,20). The van der Waals surface area contributed by atoms with Gasteiger partial charge in [-0.1, -0.05) is 36.2 Å². The van der Waals surface area contributed by atoms with Crippen molar-refractivity contribution in [1.29, 1.82) is 0 Å². The molecule has 0 saturated heterocycles. The molecule has 5 nitrogen and oxygen atoms in total. The summed E-state index contributed by atoms with van der Waals surface area (Å²) < 4.78 is 2.05. The second kappa shape index (κ2) is 5.85. The van der Waals surface area contributed by atoms with Crippen molar-refractivity contribution < 1.29 is 9.90 Å². The van der Waals surface area contributed by atoms with Gasteiger partial charge in [-0.25, -0.2) is 9.97 Å². The van der Waals surface area contributed by atoms with Gasteiger partial charge in [-0.05, 0) is 25.3 Å². The summed E-state index contributed by atoms with van der Waals surface area (Å²) in [7, 11) is 0. The van der Waals surface area contributed by atoms with E-state index in [-0.39, 0.29) is 11.8 Å². The first-order valence-corrected chi connectivity index (χ1v) is 8.29. The Balaban J connectivity index is 1.98. The number of aliphatic carboxylic acids is 1. The zero-order valence-electron chi connectivity index (χ0n) is 11.6. The van der Waals surface area contributed by atoms with Crippen LogP contribution in [0, 0.1) is 5.92 Å². The third kappa shape index (κ3) is 3.32. The zero-order valence-corrected chi connectivity index (χ0v) is 13.2. The normalized spacial score (nSPS) is 16.3. The van der Waals surface area contributed by atoms with Crippen LogP contribution in [-0.2, 0) is 4.79 Å². The lowest BCUT2D eigenvalue weighted by molar-refractivity contribution is -0.133. The molecule has 1 atom stereocenters. The highest BCUT2D eigenvalue weighted by Gasteiger charge is 2.27. The van der Waals surface area contributed by atoms with Crippen molar-refractivity contribution in [1.82, 2.24) is 14.5 Å². The summed E-state index contributed by atoms with van der Waals surface area (Å²) in [6.45, 7) is 2.14. The molecule has 1 aliphatic rings. The Morgan fingerprint density at radius 2 is 2.38 bits per heavy atom. The highest BCUT2D eigenvalue weighted by Crippen LogP contribution is 2.39. The molecule has 1 aliphatic carbocycles. The van der Waals surface area contributed by atoms with Crippen LogP contribution in [0.25, 0.3) is 11.2 Å². The van der Waals surface area contributed by atoms with Crippen molar-refractivity contribution in [3.63, 3.8) is 0 Å². The van der Waals surface area contributed by atoms with Gasteiger partial charge in [0, 0.05) is 12.2 Å². The van der Waals surface area contributed by atoms with Crippen molar-refractivity contribution in [2.24, 2.45) is 5.92 Å². The van der Waals surface area contributed by atoms with Crippen LogP contribution in [0.3, 0.4) is 0 Å². The SMILES string of the molecule is CC(CC1CC1)n1c(SCC(=O)O)nc2cc(Cl)cnc21. The number of rotatable bonds is 6. The minimum Gasteiger partial charge on any atom is -0.481 e. The smallest absolute Gasteiger partial charge is 0.313 e. The van der Waals surface area contributed by atoms with E-state index < -0.39 is 5.97 Å². The first-order valence-electron chi connectivity index (χ1n) is 6.92. The topological polar surface area (TPSA) is 68.0 Å². The summed E-state index contributed by atoms with van der Waals surface area (Å²) >= 11 is 7.20. The van der Waals surface area contributed by atoms with Crippen LogP contribution >= 0.6 is 23.4 Å². The second-order valence-electron chi connectivity index (χ2n) is 5.47. The van der Waals surface area contributed by atoms with E-state index in [4.69, 9.17) is 16.7 Å². The molecule has 1 saturated carbocycles. The van der Waals surface area contributed by atoms with Crippen LogP contribution in [0.1, 0.15) is 32.2 Å². The van der Waals surface area contributed by atoms with E-state index in [9.17, 15) is 4.79 Å². The van der Waals surface area contributed by atoms with Gasteiger partial charge in [0.2, 0.25) is 0 Å². The number of nitrogens with zero attached hydrogens (tertiary/aromatic N) is 3. The maximum absolute atomic E-state index is 10.8. The van der Waals surface area contributed by atoms with Crippen LogP contribution < -0.4 is 0 Å². The average Bonchev–Trinajstić information content (AvgIpc) is 3.15. The van der Waals surface area contributed by atoms with E-state index in [2.05, 4.69) is 21.5 Å². The monoisotopic (exact) mass is 325 g/mol. The Kier molecular flexibility index (Phi) is 4.08. The Morgan fingerprint density at radius 3 is 3.05 bits per heavy atom. The molecule has 112 valence electrons. The fourth-order valence-electron chi connectivity index (χ4n) is 2.50. The fraction of sp³-hybridized carbons (Fsp3) is 0.500. The number of hydrogen-bond donors (Lipinski definition) is 1. The highest BCUT2D eigenvalue weighted by atomic mass is 35.5. The molecule has 3 rings (SSSR count). The van der Waals surface area contributed by atoms with Crippen molar-refractivity contribution in [3.05, 3.63) is 17.3 Å². The molecule has 2 aromatic heterocycles. The van der Waals surface area contributed by atoms with E-state index in [1.165, 1.54) is 24.6 Å². The number of halogens is 1. The van der Waals surface area contributed by atoms with Crippen LogP contribution in [-0.4, -0.2) is 31.4 Å². The predicted molar refractivity (Wildman–Crippen MR) is 82.9 cm³/mol. The number of fused-ring (bicyclic) bond motifs is 1. The van der Waals surface area contributed by atoms with Crippen LogP contribution in [0.15, 0.2) is 17.4 Å². The number of hydrogen-bond acceptors (Lipinski definition) is 4. The van der Waals surface area contributed by atoms with Crippen molar-refractivity contribution in [3.8, 4) is 0 Å². The third-order valence-electron chi connectivity index (χ3n) is 3.60. The van der Waals surface area contributed by atoms with E-state index >= 15 is 0 Å². The molecule has 2 heterocycles. The van der Waals surface area contributed by atoms with Gasteiger partial charge in [0.25, 0.3) is 0 Å². The maximum Gasteiger partial charge on any atom is 0.313 e. The van der Waals surface area contributed by atoms with Crippen LogP contribution in [0.5, 0.6) is 0 Å². The Labute approximate surface area is 131 Å². The van der Waals surface area contributed by atoms with Gasteiger partial charge >= 0.3 is 5.97 Å². The van der Waals surface area contributed by atoms with Gasteiger partial charge in [0.1, 0.15) is 5.52 Å². The molecule has 2 aromatic rings. The summed E-state index contributed by atoms with van der Waals surface area (Å²) in [5.41, 5.74) is 1.50. The zero-order chi connectivity index (χ0) is 15.0. The molecule has 7 heteroatoms. The molecule has 0 bridgehead atoms. The van der Waals surface area contributed by atoms with Gasteiger partial charge in [0.15, 0.2) is 10.8 Å². The summed E-state index contributed by atoms with van der Waals surface area (Å²) in [5.74, 6) is -0.0748. The molecule has 1 fully saturated rings. The van der Waals surface area contributed by atoms with E-state index in [0.717, 1.165) is 23.5 Å². The third-order valence-corrected chi connectivity index (χ3v) is 4.75. The molecule has 0 spiro atoms. The first kappa shape index (κ1) is 14.7. The molecule has 0 aliphatic heterocycles. The predicted octanol–water partition coefficient (Wildman–Crippen LogP) is 3.62. The van der Waals surface area contributed by atoms with E-state index in [1.807, 2.05) is 0 Å². The quantitative estimate of drug-likeness (QED) is 0.821. The number of carboxylic acid groups (broad SMARTS) is 1. The van der Waals surface area contributed by atoms with Crippen LogP contribution in [0.2, 0.25) is 5.02 Å². The number of imidazole rings is 1. The average molecular weight is 326 g/mol. The second-order valence-corrected chi connectivity index (χ2v) is 6.85. The van der Waals surface area contributed by atoms with Crippen molar-refractivity contribution >= 4 is 40.5 Å². The molecular weight excluding hydrogens is 310 g/mol. The minimum atomic E-state index is -0.848. The molecule has 0 radical (unpaired) electrons. The van der Waals surface area contributed by atoms with Crippen molar-refractivity contribution in [2.45, 2.75) is 37.4 Å². The minimum absolute atomic E-state index is 0.00674. The number of thioether (sulfide) groups is 1. The maximum atomic E-state index is 10.8. The molecular formula is C14H16ClN3O2S. The first-order chi connectivity index (χ1) is 10.0. The lowest BCUT2D eigenvalue weighted by Gasteiger charge is -2.16. The van der Waals surface area contributed by atoms with E-state index in [0.29, 0.717) is 10.2 Å². The highest BCUT2D eigenvalue weighted by molar-refractivity contribution is 7.99. The summed E-state index contributed by atoms with van der Waals surface area (Å²) in [4.78, 5) is 19.7. The van der Waals surface area contributed by atoms with Gasteiger partial charge in [-0.2, -0.15) is 0 Å². The molecule has 1 unspecified atom stereocenters. The lowest BCUT2D eigenvalue weighted by atomic mass is 10.1. The van der Waals surface area contributed by atoms with Gasteiger partial charge in [0.05, 0.1) is 10.8 Å². The van der Waals surface area contributed by atoms with E-state index in [1.54, 1.807) is 12.3 Å².